The lowest BCUT2D eigenvalue weighted by atomic mass is 10.1. The van der Waals surface area contributed by atoms with Crippen LogP contribution in [0.3, 0.4) is 0 Å². The first kappa shape index (κ1) is 17.2. The van der Waals surface area contributed by atoms with Crippen LogP contribution >= 0.6 is 0 Å². The number of aliphatic imine (C=N–C) groups is 1. The maximum absolute atomic E-state index is 9.81. The molecule has 1 aromatic rings. The molecule has 0 spiro atoms. The Morgan fingerprint density at radius 3 is 2.62 bits per heavy atom. The lowest BCUT2D eigenvalue weighted by Crippen LogP contribution is -2.41. The maximum Gasteiger partial charge on any atom is 0.194 e. The number of hydrogen-bond acceptors (Lipinski definition) is 3. The minimum atomic E-state index is -0.225. The SMILES string of the molecule is CCNC(=NCC(c1ccccc1)N1CCCC1)N1CC[C@@H](O)C1. The first-order chi connectivity index (χ1) is 11.8. The fourth-order valence-corrected chi connectivity index (χ4v) is 3.69. The van der Waals surface area contributed by atoms with Crippen LogP contribution in [0.25, 0.3) is 0 Å². The van der Waals surface area contributed by atoms with E-state index < -0.39 is 0 Å². The Morgan fingerprint density at radius 2 is 2.00 bits per heavy atom. The summed E-state index contributed by atoms with van der Waals surface area (Å²) in [6.45, 7) is 7.60. The third kappa shape index (κ3) is 4.28. The number of rotatable bonds is 5. The highest BCUT2D eigenvalue weighted by Gasteiger charge is 2.25. The fourth-order valence-electron chi connectivity index (χ4n) is 3.69. The zero-order chi connectivity index (χ0) is 16.8. The van der Waals surface area contributed by atoms with Crippen LogP contribution in [0.15, 0.2) is 35.3 Å². The molecule has 0 aliphatic carbocycles. The van der Waals surface area contributed by atoms with Gasteiger partial charge in [-0.2, -0.15) is 0 Å². The van der Waals surface area contributed by atoms with Crippen LogP contribution in [0.4, 0.5) is 0 Å². The van der Waals surface area contributed by atoms with Gasteiger partial charge in [0.2, 0.25) is 0 Å². The first-order valence-electron chi connectivity index (χ1n) is 9.28. The third-order valence-corrected chi connectivity index (χ3v) is 4.98. The van der Waals surface area contributed by atoms with Crippen molar-refractivity contribution in [1.82, 2.24) is 15.1 Å². The Labute approximate surface area is 145 Å². The van der Waals surface area contributed by atoms with Gasteiger partial charge in [0.05, 0.1) is 18.7 Å². The van der Waals surface area contributed by atoms with E-state index in [0.717, 1.165) is 45.1 Å². The Hall–Kier alpha value is -1.59. The second-order valence-corrected chi connectivity index (χ2v) is 6.75. The lowest BCUT2D eigenvalue weighted by molar-refractivity contribution is 0.187. The van der Waals surface area contributed by atoms with Gasteiger partial charge >= 0.3 is 0 Å². The van der Waals surface area contributed by atoms with Crippen LogP contribution in [0, 0.1) is 0 Å². The number of β-amino-alcohol motifs (C(OH)–C–C–N with tert-alkyl or cyclic N) is 1. The number of nitrogens with zero attached hydrogens (tertiary/aromatic N) is 3. The van der Waals surface area contributed by atoms with Crippen molar-refractivity contribution in [2.45, 2.75) is 38.3 Å². The minimum absolute atomic E-state index is 0.225. The van der Waals surface area contributed by atoms with E-state index in [-0.39, 0.29) is 6.10 Å². The second-order valence-electron chi connectivity index (χ2n) is 6.75. The average Bonchev–Trinajstić information content (AvgIpc) is 3.27. The van der Waals surface area contributed by atoms with E-state index in [1.54, 1.807) is 0 Å². The van der Waals surface area contributed by atoms with Gasteiger partial charge in [-0.1, -0.05) is 30.3 Å². The standard InChI is InChI=1S/C19H30N4O/c1-2-20-19(23-13-10-17(24)15-23)21-14-18(22-11-6-7-12-22)16-8-4-3-5-9-16/h3-5,8-9,17-18,24H,2,6-7,10-15H2,1H3,(H,20,21)/t17-,18?/m1/s1. The molecule has 0 radical (unpaired) electrons. The van der Waals surface area contributed by atoms with Crippen LogP contribution in [0.2, 0.25) is 0 Å². The third-order valence-electron chi connectivity index (χ3n) is 4.98. The topological polar surface area (TPSA) is 51.1 Å². The number of likely N-dealkylation sites (tertiary alicyclic amines) is 2. The van der Waals surface area contributed by atoms with Crippen molar-refractivity contribution >= 4 is 5.96 Å². The summed E-state index contributed by atoms with van der Waals surface area (Å²) >= 11 is 0. The summed E-state index contributed by atoms with van der Waals surface area (Å²) in [6, 6.07) is 11.1. The molecule has 3 rings (SSSR count). The molecule has 2 aliphatic rings. The molecule has 5 heteroatoms. The number of aliphatic hydroxyl groups is 1. The van der Waals surface area contributed by atoms with Crippen molar-refractivity contribution in [3.05, 3.63) is 35.9 Å². The van der Waals surface area contributed by atoms with Crippen molar-refractivity contribution in [1.29, 1.82) is 0 Å². The largest absolute Gasteiger partial charge is 0.391 e. The van der Waals surface area contributed by atoms with Crippen molar-refractivity contribution in [2.24, 2.45) is 4.99 Å². The average molecular weight is 330 g/mol. The van der Waals surface area contributed by atoms with Gasteiger partial charge in [-0.05, 0) is 44.8 Å². The summed E-state index contributed by atoms with van der Waals surface area (Å²) in [6.07, 6.45) is 3.17. The van der Waals surface area contributed by atoms with Gasteiger partial charge in [0.25, 0.3) is 0 Å². The van der Waals surface area contributed by atoms with Gasteiger partial charge in [-0.25, -0.2) is 0 Å². The van der Waals surface area contributed by atoms with Gasteiger partial charge < -0.3 is 15.3 Å². The van der Waals surface area contributed by atoms with E-state index in [1.165, 1.54) is 18.4 Å². The van der Waals surface area contributed by atoms with Crippen LogP contribution in [0.5, 0.6) is 0 Å². The molecule has 5 nitrogen and oxygen atoms in total. The molecule has 2 atom stereocenters. The van der Waals surface area contributed by atoms with Crippen molar-refractivity contribution in [2.75, 3.05) is 39.3 Å². The van der Waals surface area contributed by atoms with Gasteiger partial charge in [0, 0.05) is 19.6 Å². The Balaban J connectivity index is 1.74. The Kier molecular flexibility index (Phi) is 6.10. The highest BCUT2D eigenvalue weighted by molar-refractivity contribution is 5.80. The Bertz CT molecular complexity index is 527. The van der Waals surface area contributed by atoms with E-state index >= 15 is 0 Å². The molecule has 2 saturated heterocycles. The van der Waals surface area contributed by atoms with Crippen molar-refractivity contribution < 1.29 is 5.11 Å². The summed E-state index contributed by atoms with van der Waals surface area (Å²) in [4.78, 5) is 9.67. The first-order valence-corrected chi connectivity index (χ1v) is 9.28. The highest BCUT2D eigenvalue weighted by Crippen LogP contribution is 2.25. The number of guanidine groups is 1. The van der Waals surface area contributed by atoms with Gasteiger partial charge in [0.15, 0.2) is 5.96 Å². The molecule has 132 valence electrons. The summed E-state index contributed by atoms with van der Waals surface area (Å²) in [7, 11) is 0. The highest BCUT2D eigenvalue weighted by atomic mass is 16.3. The van der Waals surface area contributed by atoms with E-state index in [1.807, 2.05) is 0 Å². The van der Waals surface area contributed by atoms with E-state index in [2.05, 4.69) is 52.4 Å². The lowest BCUT2D eigenvalue weighted by Gasteiger charge is -2.28. The number of benzene rings is 1. The molecule has 2 heterocycles. The molecule has 1 unspecified atom stereocenters. The molecule has 0 bridgehead atoms. The molecule has 2 fully saturated rings. The number of aliphatic hydroxyl groups excluding tert-OH is 1. The van der Waals surface area contributed by atoms with Gasteiger partial charge in [0.1, 0.15) is 0 Å². The molecular weight excluding hydrogens is 300 g/mol. The normalized spacial score (nSPS) is 23.7. The van der Waals surface area contributed by atoms with Gasteiger partial charge in [-0.15, -0.1) is 0 Å². The molecule has 0 aromatic heterocycles. The van der Waals surface area contributed by atoms with Crippen LogP contribution in [-0.2, 0) is 0 Å². The number of nitrogens with one attached hydrogen (secondary N) is 1. The summed E-state index contributed by atoms with van der Waals surface area (Å²) in [5, 5.41) is 13.2. The van der Waals surface area contributed by atoms with E-state index in [9.17, 15) is 5.11 Å². The van der Waals surface area contributed by atoms with Crippen LogP contribution in [0.1, 0.15) is 37.8 Å². The molecule has 0 amide bonds. The summed E-state index contributed by atoms with van der Waals surface area (Å²) in [5.74, 6) is 0.939. The molecule has 2 aliphatic heterocycles. The smallest absolute Gasteiger partial charge is 0.194 e. The van der Waals surface area contributed by atoms with Gasteiger partial charge in [-0.3, -0.25) is 9.89 Å². The Morgan fingerprint density at radius 1 is 1.25 bits per heavy atom. The minimum Gasteiger partial charge on any atom is -0.391 e. The second kappa shape index (κ2) is 8.49. The molecule has 0 saturated carbocycles. The number of hydrogen-bond donors (Lipinski definition) is 2. The maximum atomic E-state index is 9.81. The zero-order valence-electron chi connectivity index (χ0n) is 14.7. The summed E-state index contributed by atoms with van der Waals surface area (Å²) in [5.41, 5.74) is 1.35. The zero-order valence-corrected chi connectivity index (χ0v) is 14.7. The van der Waals surface area contributed by atoms with E-state index in [0.29, 0.717) is 12.6 Å². The fraction of sp³-hybridized carbons (Fsp3) is 0.632. The monoisotopic (exact) mass is 330 g/mol. The van der Waals surface area contributed by atoms with Crippen molar-refractivity contribution in [3.63, 3.8) is 0 Å². The van der Waals surface area contributed by atoms with E-state index in [4.69, 9.17) is 4.99 Å². The molecule has 1 aromatic carbocycles. The molecule has 2 N–H and O–H groups in total. The molecule has 24 heavy (non-hydrogen) atoms. The predicted molar refractivity (Wildman–Crippen MR) is 98.2 cm³/mol. The quantitative estimate of drug-likeness (QED) is 0.639. The van der Waals surface area contributed by atoms with Crippen LogP contribution < -0.4 is 5.32 Å². The summed E-state index contributed by atoms with van der Waals surface area (Å²) < 4.78 is 0. The van der Waals surface area contributed by atoms with Crippen LogP contribution in [-0.4, -0.2) is 66.2 Å². The predicted octanol–water partition coefficient (Wildman–Crippen LogP) is 1.86. The van der Waals surface area contributed by atoms with Crippen molar-refractivity contribution in [3.8, 4) is 0 Å². The molecular formula is C19H30N4O.